The molecule has 5 rings (SSSR count). The number of carbonyl (C=O) groups is 1. The van der Waals surface area contributed by atoms with Crippen molar-refractivity contribution in [2.75, 3.05) is 13.1 Å². The quantitative estimate of drug-likeness (QED) is 0.267. The molecule has 2 heterocycles. The molecule has 0 spiro atoms. The maximum absolute atomic E-state index is 13.6. The highest BCUT2D eigenvalue weighted by molar-refractivity contribution is 5.88. The molecule has 1 saturated heterocycles. The molecule has 3 nitrogen and oxygen atoms in total. The number of nitrogens with one attached hydrogen (secondary N) is 1. The average Bonchev–Trinajstić information content (AvgIpc) is 3.36. The Hall–Kier alpha value is -3.54. The van der Waals surface area contributed by atoms with Crippen molar-refractivity contribution in [1.29, 1.82) is 0 Å². The van der Waals surface area contributed by atoms with Crippen LogP contribution in [-0.4, -0.2) is 28.9 Å². The number of aryl methyl sites for hydroxylation is 1. The van der Waals surface area contributed by atoms with Gasteiger partial charge in [0.1, 0.15) is 0 Å². The lowest BCUT2D eigenvalue weighted by molar-refractivity contribution is -0.137. The second-order valence-corrected chi connectivity index (χ2v) is 10.3. The Balaban J connectivity index is 1.39. The van der Waals surface area contributed by atoms with Crippen LogP contribution >= 0.6 is 0 Å². The number of amides is 1. The number of halogens is 3. The number of aromatic amines is 1. The SMILES string of the molecule is CCc1cccc2c([C@@H](CC(=O)N3CCC(Cc4ccccc4)CC3)c3cccc(C(F)(F)F)c3)c[nH]c12. The van der Waals surface area contributed by atoms with Crippen molar-refractivity contribution in [2.45, 2.75) is 51.1 Å². The molecule has 0 bridgehead atoms. The van der Waals surface area contributed by atoms with Gasteiger partial charge < -0.3 is 9.88 Å². The number of aromatic nitrogens is 1. The lowest BCUT2D eigenvalue weighted by Crippen LogP contribution is -2.39. The van der Waals surface area contributed by atoms with Crippen molar-refractivity contribution < 1.29 is 18.0 Å². The Kier molecular flexibility index (Phi) is 7.59. The Labute approximate surface area is 221 Å². The number of hydrogen-bond acceptors (Lipinski definition) is 1. The molecule has 4 aromatic rings. The molecule has 1 amide bonds. The van der Waals surface area contributed by atoms with Gasteiger partial charge in [0.15, 0.2) is 0 Å². The predicted molar refractivity (Wildman–Crippen MR) is 145 cm³/mol. The minimum atomic E-state index is -4.44. The lowest BCUT2D eigenvalue weighted by atomic mass is 9.85. The molecule has 198 valence electrons. The Morgan fingerprint density at radius 1 is 1.00 bits per heavy atom. The van der Waals surface area contributed by atoms with E-state index >= 15 is 0 Å². The Bertz CT molecular complexity index is 1380. The van der Waals surface area contributed by atoms with E-state index in [0.29, 0.717) is 24.6 Å². The first-order valence-corrected chi connectivity index (χ1v) is 13.4. The monoisotopic (exact) mass is 518 g/mol. The van der Waals surface area contributed by atoms with Crippen LogP contribution in [0, 0.1) is 5.92 Å². The maximum Gasteiger partial charge on any atom is 0.416 e. The normalized spacial score (nSPS) is 15.6. The summed E-state index contributed by atoms with van der Waals surface area (Å²) < 4.78 is 40.8. The van der Waals surface area contributed by atoms with Gasteiger partial charge in [-0.15, -0.1) is 0 Å². The lowest BCUT2D eigenvalue weighted by Gasteiger charge is -2.33. The molecule has 1 aliphatic rings. The molecule has 3 aromatic carbocycles. The van der Waals surface area contributed by atoms with Crippen molar-refractivity contribution in [1.82, 2.24) is 9.88 Å². The number of alkyl halides is 3. The number of nitrogens with zero attached hydrogens (tertiary/aromatic N) is 1. The van der Waals surface area contributed by atoms with Gasteiger partial charge >= 0.3 is 6.18 Å². The molecule has 1 aliphatic heterocycles. The van der Waals surface area contributed by atoms with Crippen LogP contribution in [0.1, 0.15) is 59.9 Å². The van der Waals surface area contributed by atoms with E-state index in [1.165, 1.54) is 17.7 Å². The summed E-state index contributed by atoms with van der Waals surface area (Å²) in [5, 5.41) is 0.959. The van der Waals surface area contributed by atoms with E-state index in [1.54, 1.807) is 6.07 Å². The summed E-state index contributed by atoms with van der Waals surface area (Å²) in [6, 6.07) is 21.9. The molecule has 1 atom stereocenters. The highest BCUT2D eigenvalue weighted by Crippen LogP contribution is 2.38. The summed E-state index contributed by atoms with van der Waals surface area (Å²) in [5.41, 5.74) is 4.12. The Morgan fingerprint density at radius 2 is 1.74 bits per heavy atom. The van der Waals surface area contributed by atoms with Gasteiger partial charge in [0, 0.05) is 42.5 Å². The number of carbonyl (C=O) groups excluding carboxylic acids is 1. The number of H-pyrrole nitrogens is 1. The summed E-state index contributed by atoms with van der Waals surface area (Å²) in [5.74, 6) is 0.0427. The van der Waals surface area contributed by atoms with Gasteiger partial charge in [0.2, 0.25) is 5.91 Å². The van der Waals surface area contributed by atoms with Crippen molar-refractivity contribution in [3.63, 3.8) is 0 Å². The van der Waals surface area contributed by atoms with Gasteiger partial charge in [0.05, 0.1) is 5.56 Å². The number of hydrogen-bond donors (Lipinski definition) is 1. The third kappa shape index (κ3) is 5.64. The smallest absolute Gasteiger partial charge is 0.361 e. The van der Waals surface area contributed by atoms with Crippen molar-refractivity contribution >= 4 is 16.8 Å². The number of para-hydroxylation sites is 1. The van der Waals surface area contributed by atoms with Crippen LogP contribution in [0.3, 0.4) is 0 Å². The van der Waals surface area contributed by atoms with Gasteiger partial charge in [-0.3, -0.25) is 4.79 Å². The molecule has 38 heavy (non-hydrogen) atoms. The van der Waals surface area contributed by atoms with E-state index in [9.17, 15) is 18.0 Å². The first kappa shape index (κ1) is 26.1. The van der Waals surface area contributed by atoms with E-state index < -0.39 is 17.7 Å². The second-order valence-electron chi connectivity index (χ2n) is 10.3. The van der Waals surface area contributed by atoms with Crippen molar-refractivity contribution in [2.24, 2.45) is 5.92 Å². The van der Waals surface area contributed by atoms with Gasteiger partial charge in [0.25, 0.3) is 0 Å². The third-order valence-corrected chi connectivity index (χ3v) is 7.92. The second kappa shape index (κ2) is 11.1. The number of benzene rings is 3. The zero-order chi connectivity index (χ0) is 26.7. The van der Waals surface area contributed by atoms with Crippen LogP contribution in [-0.2, 0) is 23.8 Å². The predicted octanol–water partition coefficient (Wildman–Crippen LogP) is 7.75. The number of piperidine rings is 1. The molecule has 0 aliphatic carbocycles. The van der Waals surface area contributed by atoms with Crippen LogP contribution in [0.5, 0.6) is 0 Å². The zero-order valence-electron chi connectivity index (χ0n) is 21.6. The summed E-state index contributed by atoms with van der Waals surface area (Å²) in [4.78, 5) is 18.8. The maximum atomic E-state index is 13.6. The largest absolute Gasteiger partial charge is 0.416 e. The summed E-state index contributed by atoms with van der Waals surface area (Å²) >= 11 is 0. The number of fused-ring (bicyclic) bond motifs is 1. The van der Waals surface area contributed by atoms with Crippen LogP contribution in [0.2, 0.25) is 0 Å². The fourth-order valence-corrected chi connectivity index (χ4v) is 5.80. The van der Waals surface area contributed by atoms with E-state index in [0.717, 1.165) is 53.8 Å². The van der Waals surface area contributed by atoms with Gasteiger partial charge in [-0.2, -0.15) is 13.2 Å². The van der Waals surface area contributed by atoms with Crippen LogP contribution in [0.15, 0.2) is 79.0 Å². The van der Waals surface area contributed by atoms with Crippen molar-refractivity contribution in [3.8, 4) is 0 Å². The minimum absolute atomic E-state index is 0.00781. The third-order valence-electron chi connectivity index (χ3n) is 7.92. The van der Waals surface area contributed by atoms with Gasteiger partial charge in [-0.05, 0) is 59.9 Å². The highest BCUT2D eigenvalue weighted by atomic mass is 19.4. The average molecular weight is 519 g/mol. The van der Waals surface area contributed by atoms with E-state index in [1.807, 2.05) is 35.4 Å². The molecule has 1 fully saturated rings. The summed E-state index contributed by atoms with van der Waals surface area (Å²) in [6.45, 7) is 3.43. The fraction of sp³-hybridized carbons (Fsp3) is 0.344. The molecule has 0 radical (unpaired) electrons. The summed E-state index contributed by atoms with van der Waals surface area (Å²) in [6.07, 6.45) is 1.26. The van der Waals surface area contributed by atoms with Gasteiger partial charge in [-0.25, -0.2) is 0 Å². The Morgan fingerprint density at radius 3 is 2.45 bits per heavy atom. The molecule has 0 saturated carbocycles. The first-order chi connectivity index (χ1) is 18.3. The van der Waals surface area contributed by atoms with E-state index in [-0.39, 0.29) is 12.3 Å². The van der Waals surface area contributed by atoms with E-state index in [4.69, 9.17) is 0 Å². The van der Waals surface area contributed by atoms with Crippen LogP contribution < -0.4 is 0 Å². The molecule has 1 aromatic heterocycles. The number of likely N-dealkylation sites (tertiary alicyclic amines) is 1. The standard InChI is InChI=1S/C32H33F3N2O/c1-2-24-10-7-13-27-29(21-36-31(24)27)28(25-11-6-12-26(19-25)32(33,34)35)20-30(38)37-16-14-23(15-17-37)18-22-8-4-3-5-9-22/h3-13,19,21,23,28,36H,2,14-18,20H2,1H3/t28-/m0/s1. The first-order valence-electron chi connectivity index (χ1n) is 13.4. The zero-order valence-corrected chi connectivity index (χ0v) is 21.6. The molecule has 0 unspecified atom stereocenters. The molecule has 1 N–H and O–H groups in total. The topological polar surface area (TPSA) is 36.1 Å². The van der Waals surface area contributed by atoms with Gasteiger partial charge in [-0.1, -0.05) is 73.7 Å². The van der Waals surface area contributed by atoms with Crippen LogP contribution in [0.4, 0.5) is 13.2 Å². The summed E-state index contributed by atoms with van der Waals surface area (Å²) in [7, 11) is 0. The highest BCUT2D eigenvalue weighted by Gasteiger charge is 2.33. The van der Waals surface area contributed by atoms with E-state index in [2.05, 4.69) is 36.2 Å². The molecular weight excluding hydrogens is 485 g/mol. The number of rotatable bonds is 7. The minimum Gasteiger partial charge on any atom is -0.361 e. The van der Waals surface area contributed by atoms with Crippen LogP contribution in [0.25, 0.3) is 10.9 Å². The molecular formula is C32H33F3N2O. The fourth-order valence-electron chi connectivity index (χ4n) is 5.80. The molecule has 6 heteroatoms. The van der Waals surface area contributed by atoms with Crippen molar-refractivity contribution in [3.05, 3.63) is 107 Å².